The molecule has 0 spiro atoms. The molecule has 1 aromatic rings. The number of hydrogen-bond donors (Lipinski definition) is 0. The lowest BCUT2D eigenvalue weighted by molar-refractivity contribution is -0.255. The summed E-state index contributed by atoms with van der Waals surface area (Å²) in [6.07, 6.45) is 4.90. The van der Waals surface area contributed by atoms with Gasteiger partial charge in [0, 0.05) is 4.47 Å². The molecular formula is C15H11BrNO4-. The van der Waals surface area contributed by atoms with Crippen LogP contribution in [0.25, 0.3) is 0 Å². The first-order chi connectivity index (χ1) is 10.0. The van der Waals surface area contributed by atoms with E-state index in [-0.39, 0.29) is 34.9 Å². The standard InChI is InChI=1S/C15H12BrNO4/c16-11-6-5-8(15(20)21)7-12(11)17-13(18)9-3-1-2-4-10(9)14(17)19/h1-2,5-7,9-10H,3-4H2,(H,20,21)/p-1/t9-,10-/m1/s1. The number of halogens is 1. The van der Waals surface area contributed by atoms with E-state index >= 15 is 0 Å². The fourth-order valence-corrected chi connectivity index (χ4v) is 3.27. The number of carboxylic acid groups (broad SMARTS) is 1. The fourth-order valence-electron chi connectivity index (χ4n) is 2.85. The molecule has 3 rings (SSSR count). The van der Waals surface area contributed by atoms with Gasteiger partial charge in [-0.2, -0.15) is 0 Å². The average molecular weight is 349 g/mol. The van der Waals surface area contributed by atoms with Crippen LogP contribution in [0, 0.1) is 11.8 Å². The van der Waals surface area contributed by atoms with Crippen LogP contribution in [0.2, 0.25) is 0 Å². The van der Waals surface area contributed by atoms with Gasteiger partial charge in [0.15, 0.2) is 0 Å². The Balaban J connectivity index is 2.05. The van der Waals surface area contributed by atoms with Gasteiger partial charge in [-0.3, -0.25) is 9.59 Å². The molecule has 2 amide bonds. The molecule has 0 aromatic heterocycles. The first-order valence-corrected chi connectivity index (χ1v) is 7.33. The molecule has 0 radical (unpaired) electrons. The molecule has 6 heteroatoms. The van der Waals surface area contributed by atoms with Crippen molar-refractivity contribution >= 4 is 39.4 Å². The first-order valence-electron chi connectivity index (χ1n) is 6.54. The maximum Gasteiger partial charge on any atom is 0.238 e. The van der Waals surface area contributed by atoms with Gasteiger partial charge in [-0.25, -0.2) is 4.90 Å². The third-order valence-corrected chi connectivity index (χ3v) is 4.60. The van der Waals surface area contributed by atoms with Crippen LogP contribution in [0.15, 0.2) is 34.8 Å². The summed E-state index contributed by atoms with van der Waals surface area (Å²) in [6.45, 7) is 0. The Bertz CT molecular complexity index is 656. The lowest BCUT2D eigenvalue weighted by atomic mass is 9.85. The van der Waals surface area contributed by atoms with E-state index in [1.807, 2.05) is 12.2 Å². The van der Waals surface area contributed by atoms with Crippen LogP contribution in [0.4, 0.5) is 5.69 Å². The van der Waals surface area contributed by atoms with Crippen molar-refractivity contribution in [3.8, 4) is 0 Å². The molecule has 5 nitrogen and oxygen atoms in total. The van der Waals surface area contributed by atoms with Crippen LogP contribution in [0.1, 0.15) is 23.2 Å². The number of anilines is 1. The number of fused-ring (bicyclic) bond motifs is 1. The summed E-state index contributed by atoms with van der Waals surface area (Å²) in [5.41, 5.74) is 0.197. The Kier molecular flexibility index (Phi) is 3.41. The zero-order chi connectivity index (χ0) is 15.1. The molecule has 1 aromatic carbocycles. The highest BCUT2D eigenvalue weighted by Gasteiger charge is 2.48. The maximum atomic E-state index is 12.5. The Labute approximate surface area is 129 Å². The summed E-state index contributed by atoms with van der Waals surface area (Å²) < 4.78 is 0.501. The number of carboxylic acids is 1. The number of allylic oxidation sites excluding steroid dienone is 2. The molecule has 1 fully saturated rings. The molecule has 0 N–H and O–H groups in total. The Hall–Kier alpha value is -1.95. The van der Waals surface area contributed by atoms with E-state index in [0.29, 0.717) is 17.3 Å². The lowest BCUT2D eigenvalue weighted by Gasteiger charge is -2.18. The number of benzene rings is 1. The second kappa shape index (κ2) is 5.11. The van der Waals surface area contributed by atoms with Gasteiger partial charge in [0.05, 0.1) is 23.5 Å². The van der Waals surface area contributed by atoms with Crippen molar-refractivity contribution < 1.29 is 19.5 Å². The van der Waals surface area contributed by atoms with Gasteiger partial charge in [-0.05, 0) is 46.5 Å². The fraction of sp³-hybridized carbons (Fsp3) is 0.267. The molecular weight excluding hydrogens is 338 g/mol. The van der Waals surface area contributed by atoms with Crippen molar-refractivity contribution in [3.63, 3.8) is 0 Å². The number of carbonyl (C=O) groups is 3. The Morgan fingerprint density at radius 2 is 1.71 bits per heavy atom. The molecule has 2 aliphatic rings. The number of hydrogen-bond acceptors (Lipinski definition) is 4. The molecule has 21 heavy (non-hydrogen) atoms. The summed E-state index contributed by atoms with van der Waals surface area (Å²) in [5.74, 6) is -2.58. The SMILES string of the molecule is O=C([O-])c1ccc(Br)c(N2C(=O)[C@@H]3CC=CC[C@H]3C2=O)c1. The van der Waals surface area contributed by atoms with E-state index in [9.17, 15) is 19.5 Å². The van der Waals surface area contributed by atoms with Crippen molar-refractivity contribution in [1.82, 2.24) is 0 Å². The van der Waals surface area contributed by atoms with Crippen LogP contribution >= 0.6 is 15.9 Å². The third kappa shape index (κ3) is 2.19. The molecule has 1 saturated heterocycles. The van der Waals surface area contributed by atoms with E-state index in [4.69, 9.17) is 0 Å². The number of aromatic carboxylic acids is 1. The summed E-state index contributed by atoms with van der Waals surface area (Å²) >= 11 is 3.27. The van der Waals surface area contributed by atoms with Crippen molar-refractivity contribution in [3.05, 3.63) is 40.4 Å². The quantitative estimate of drug-likeness (QED) is 0.595. The minimum Gasteiger partial charge on any atom is -0.545 e. The van der Waals surface area contributed by atoms with Crippen molar-refractivity contribution in [2.45, 2.75) is 12.8 Å². The van der Waals surface area contributed by atoms with Crippen LogP contribution in [0.3, 0.4) is 0 Å². The number of nitrogens with zero attached hydrogens (tertiary/aromatic N) is 1. The van der Waals surface area contributed by atoms with Crippen LogP contribution < -0.4 is 10.0 Å². The van der Waals surface area contributed by atoms with Crippen molar-refractivity contribution in [2.75, 3.05) is 4.90 Å². The van der Waals surface area contributed by atoms with E-state index in [2.05, 4.69) is 15.9 Å². The second-order valence-electron chi connectivity index (χ2n) is 5.12. The predicted octanol–water partition coefficient (Wildman–Crippen LogP) is 1.27. The molecule has 1 aliphatic carbocycles. The minimum absolute atomic E-state index is 0.0678. The Morgan fingerprint density at radius 3 is 2.24 bits per heavy atom. The summed E-state index contributed by atoms with van der Waals surface area (Å²) in [5, 5.41) is 11.0. The first kappa shape index (κ1) is 14.0. The highest BCUT2D eigenvalue weighted by atomic mass is 79.9. The van der Waals surface area contributed by atoms with Gasteiger partial charge < -0.3 is 9.90 Å². The van der Waals surface area contributed by atoms with E-state index < -0.39 is 5.97 Å². The van der Waals surface area contributed by atoms with E-state index in [1.165, 1.54) is 18.2 Å². The number of imide groups is 1. The largest absolute Gasteiger partial charge is 0.545 e. The second-order valence-corrected chi connectivity index (χ2v) is 5.98. The average Bonchev–Trinajstić information content (AvgIpc) is 2.72. The minimum atomic E-state index is -1.35. The van der Waals surface area contributed by atoms with Crippen LogP contribution in [-0.2, 0) is 9.59 Å². The molecule has 108 valence electrons. The van der Waals surface area contributed by atoms with Crippen molar-refractivity contribution in [2.24, 2.45) is 11.8 Å². The van der Waals surface area contributed by atoms with Gasteiger partial charge in [0.2, 0.25) is 11.8 Å². The van der Waals surface area contributed by atoms with Gasteiger partial charge in [-0.15, -0.1) is 0 Å². The number of amides is 2. The van der Waals surface area contributed by atoms with Gasteiger partial charge in [-0.1, -0.05) is 18.2 Å². The molecule has 0 bridgehead atoms. The van der Waals surface area contributed by atoms with Gasteiger partial charge >= 0.3 is 0 Å². The summed E-state index contributed by atoms with van der Waals surface area (Å²) in [4.78, 5) is 37.0. The molecule has 0 unspecified atom stereocenters. The van der Waals surface area contributed by atoms with Crippen molar-refractivity contribution in [1.29, 1.82) is 0 Å². The third-order valence-electron chi connectivity index (χ3n) is 3.93. The van der Waals surface area contributed by atoms with Crippen LogP contribution in [0.5, 0.6) is 0 Å². The van der Waals surface area contributed by atoms with E-state index in [0.717, 1.165) is 4.90 Å². The van der Waals surface area contributed by atoms with Gasteiger partial charge in [0.25, 0.3) is 0 Å². The summed E-state index contributed by atoms with van der Waals surface area (Å²) in [7, 11) is 0. The molecule has 1 aliphatic heterocycles. The van der Waals surface area contributed by atoms with Gasteiger partial charge in [0.1, 0.15) is 0 Å². The molecule has 1 heterocycles. The summed E-state index contributed by atoms with van der Waals surface area (Å²) in [6, 6.07) is 4.16. The highest BCUT2D eigenvalue weighted by molar-refractivity contribution is 9.10. The lowest BCUT2D eigenvalue weighted by Crippen LogP contribution is -2.32. The van der Waals surface area contributed by atoms with E-state index in [1.54, 1.807) is 0 Å². The molecule has 2 atom stereocenters. The number of carbonyl (C=O) groups excluding carboxylic acids is 3. The smallest absolute Gasteiger partial charge is 0.238 e. The normalized spacial score (nSPS) is 24.3. The highest BCUT2D eigenvalue weighted by Crippen LogP contribution is 2.40. The number of rotatable bonds is 2. The predicted molar refractivity (Wildman–Crippen MR) is 76.3 cm³/mol. The van der Waals surface area contributed by atoms with Crippen LogP contribution in [-0.4, -0.2) is 17.8 Å². The topological polar surface area (TPSA) is 77.5 Å². The monoisotopic (exact) mass is 348 g/mol. The zero-order valence-electron chi connectivity index (χ0n) is 10.9. The molecule has 0 saturated carbocycles. The zero-order valence-corrected chi connectivity index (χ0v) is 12.5. The Morgan fingerprint density at radius 1 is 1.14 bits per heavy atom. The maximum absolute atomic E-state index is 12.5.